The molecule has 1 aromatic heterocycles. The molecule has 1 unspecified atom stereocenters. The zero-order chi connectivity index (χ0) is 18.1. The summed E-state index contributed by atoms with van der Waals surface area (Å²) in [6.45, 7) is 6.66. The van der Waals surface area contributed by atoms with Crippen molar-refractivity contribution in [1.29, 1.82) is 0 Å². The molecule has 140 valence electrons. The number of amides is 3. The topological polar surface area (TPSA) is 75.0 Å². The van der Waals surface area contributed by atoms with Gasteiger partial charge in [-0.1, -0.05) is 6.92 Å². The number of ether oxygens (including phenoxy) is 1. The number of carbonyl (C=O) groups is 2. The minimum Gasteiger partial charge on any atom is -0.467 e. The predicted molar refractivity (Wildman–Crippen MR) is 94.0 cm³/mol. The number of carbonyl (C=O) groups excluding carboxylic acids is 2. The van der Waals surface area contributed by atoms with Crippen LogP contribution in [0.4, 0.5) is 4.79 Å². The molecule has 0 aliphatic carbocycles. The van der Waals surface area contributed by atoms with E-state index in [0.29, 0.717) is 26.2 Å². The van der Waals surface area contributed by atoms with Gasteiger partial charge in [-0.15, -0.1) is 0 Å². The standard InChI is InChI=1S/C18H29N3O4/c1-3-9-20(18(23)19-4-2)14-17(22)21(12-15-7-5-10-24-15)13-16-8-6-11-25-16/h5,7,10,16H,3-4,6,8-9,11-14H2,1-2H3,(H,19,23). The summed E-state index contributed by atoms with van der Waals surface area (Å²) in [7, 11) is 0. The predicted octanol–water partition coefficient (Wildman–Crippen LogP) is 2.23. The van der Waals surface area contributed by atoms with Crippen molar-refractivity contribution in [1.82, 2.24) is 15.1 Å². The Morgan fingerprint density at radius 1 is 1.32 bits per heavy atom. The SMILES string of the molecule is CCCN(CC(=O)N(Cc1ccco1)CC1CCCO1)C(=O)NCC. The molecule has 1 saturated heterocycles. The summed E-state index contributed by atoms with van der Waals surface area (Å²) in [5, 5.41) is 2.77. The van der Waals surface area contributed by atoms with Crippen LogP contribution < -0.4 is 5.32 Å². The Bertz CT molecular complexity index is 526. The fourth-order valence-corrected chi connectivity index (χ4v) is 2.93. The largest absolute Gasteiger partial charge is 0.467 e. The van der Waals surface area contributed by atoms with Crippen LogP contribution in [-0.4, -0.2) is 60.6 Å². The van der Waals surface area contributed by atoms with E-state index in [1.54, 1.807) is 16.1 Å². The zero-order valence-corrected chi connectivity index (χ0v) is 15.2. The third-order valence-corrected chi connectivity index (χ3v) is 4.16. The van der Waals surface area contributed by atoms with Gasteiger partial charge in [0.25, 0.3) is 0 Å². The monoisotopic (exact) mass is 351 g/mol. The number of hydrogen-bond acceptors (Lipinski definition) is 4. The summed E-state index contributed by atoms with van der Waals surface area (Å²) in [6.07, 6.45) is 4.44. The Morgan fingerprint density at radius 2 is 2.16 bits per heavy atom. The second-order valence-corrected chi connectivity index (χ2v) is 6.25. The lowest BCUT2D eigenvalue weighted by molar-refractivity contribution is -0.134. The molecule has 0 saturated carbocycles. The van der Waals surface area contributed by atoms with E-state index in [9.17, 15) is 9.59 Å². The van der Waals surface area contributed by atoms with Crippen LogP contribution >= 0.6 is 0 Å². The molecule has 0 bridgehead atoms. The van der Waals surface area contributed by atoms with Crippen molar-refractivity contribution in [2.24, 2.45) is 0 Å². The number of rotatable bonds is 9. The molecule has 2 heterocycles. The first-order valence-electron chi connectivity index (χ1n) is 9.08. The quantitative estimate of drug-likeness (QED) is 0.740. The van der Waals surface area contributed by atoms with Gasteiger partial charge in [-0.2, -0.15) is 0 Å². The summed E-state index contributed by atoms with van der Waals surface area (Å²) in [5.74, 6) is 0.637. The van der Waals surface area contributed by atoms with Crippen molar-refractivity contribution < 1.29 is 18.7 Å². The van der Waals surface area contributed by atoms with Crippen LogP contribution in [0.25, 0.3) is 0 Å². The van der Waals surface area contributed by atoms with Gasteiger partial charge in [-0.3, -0.25) is 4.79 Å². The van der Waals surface area contributed by atoms with E-state index in [-0.39, 0.29) is 24.6 Å². The molecule has 1 aliphatic rings. The molecular weight excluding hydrogens is 322 g/mol. The Labute approximate surface area is 149 Å². The Morgan fingerprint density at radius 3 is 2.76 bits per heavy atom. The van der Waals surface area contributed by atoms with Gasteiger partial charge < -0.3 is 24.3 Å². The highest BCUT2D eigenvalue weighted by Gasteiger charge is 2.25. The van der Waals surface area contributed by atoms with Gasteiger partial charge in [0.15, 0.2) is 0 Å². The van der Waals surface area contributed by atoms with Gasteiger partial charge in [-0.25, -0.2) is 4.79 Å². The van der Waals surface area contributed by atoms with Gasteiger partial charge in [0.2, 0.25) is 5.91 Å². The first-order chi connectivity index (χ1) is 12.1. The minimum atomic E-state index is -0.201. The minimum absolute atomic E-state index is 0.0583. The van der Waals surface area contributed by atoms with Crippen molar-refractivity contribution in [3.05, 3.63) is 24.2 Å². The van der Waals surface area contributed by atoms with Crippen LogP contribution in [0, 0.1) is 0 Å². The van der Waals surface area contributed by atoms with Gasteiger partial charge >= 0.3 is 6.03 Å². The number of furan rings is 1. The fourth-order valence-electron chi connectivity index (χ4n) is 2.93. The fraction of sp³-hybridized carbons (Fsp3) is 0.667. The summed E-state index contributed by atoms with van der Waals surface area (Å²) in [5.41, 5.74) is 0. The summed E-state index contributed by atoms with van der Waals surface area (Å²) in [4.78, 5) is 28.3. The van der Waals surface area contributed by atoms with Crippen molar-refractivity contribution >= 4 is 11.9 Å². The zero-order valence-electron chi connectivity index (χ0n) is 15.2. The molecule has 7 nitrogen and oxygen atoms in total. The number of urea groups is 1. The van der Waals surface area contributed by atoms with Crippen molar-refractivity contribution in [2.75, 3.05) is 32.8 Å². The highest BCUT2D eigenvalue weighted by molar-refractivity contribution is 5.84. The average molecular weight is 351 g/mol. The van der Waals surface area contributed by atoms with Crippen LogP contribution in [-0.2, 0) is 16.1 Å². The van der Waals surface area contributed by atoms with Crippen LogP contribution in [0.2, 0.25) is 0 Å². The maximum atomic E-state index is 12.9. The smallest absolute Gasteiger partial charge is 0.317 e. The Balaban J connectivity index is 2.02. The maximum absolute atomic E-state index is 12.9. The number of nitrogens with zero attached hydrogens (tertiary/aromatic N) is 2. The first kappa shape index (κ1) is 19.3. The van der Waals surface area contributed by atoms with E-state index < -0.39 is 0 Å². The van der Waals surface area contributed by atoms with E-state index in [0.717, 1.165) is 31.6 Å². The first-order valence-corrected chi connectivity index (χ1v) is 9.08. The normalized spacial score (nSPS) is 16.6. The molecule has 1 N–H and O–H groups in total. The number of nitrogens with one attached hydrogen (secondary N) is 1. The molecule has 3 amide bonds. The van der Waals surface area contributed by atoms with Crippen LogP contribution in [0.1, 0.15) is 38.9 Å². The molecule has 0 spiro atoms. The molecule has 0 aromatic carbocycles. The molecular formula is C18H29N3O4. The lowest BCUT2D eigenvalue weighted by Gasteiger charge is -2.28. The van der Waals surface area contributed by atoms with Crippen molar-refractivity contribution in [2.45, 2.75) is 45.8 Å². The molecule has 1 fully saturated rings. The van der Waals surface area contributed by atoms with Crippen LogP contribution in [0.15, 0.2) is 22.8 Å². The third kappa shape index (κ3) is 6.08. The molecule has 7 heteroatoms. The van der Waals surface area contributed by atoms with Gasteiger partial charge in [0.05, 0.1) is 18.9 Å². The van der Waals surface area contributed by atoms with E-state index in [4.69, 9.17) is 9.15 Å². The lowest BCUT2D eigenvalue weighted by Crippen LogP contribution is -2.48. The third-order valence-electron chi connectivity index (χ3n) is 4.16. The highest BCUT2D eigenvalue weighted by Crippen LogP contribution is 2.16. The molecule has 1 aliphatic heterocycles. The van der Waals surface area contributed by atoms with E-state index in [1.165, 1.54) is 0 Å². The van der Waals surface area contributed by atoms with Crippen LogP contribution in [0.3, 0.4) is 0 Å². The molecule has 0 radical (unpaired) electrons. The van der Waals surface area contributed by atoms with Crippen molar-refractivity contribution in [3.8, 4) is 0 Å². The van der Waals surface area contributed by atoms with Crippen LogP contribution in [0.5, 0.6) is 0 Å². The second kappa shape index (κ2) is 10.1. The van der Waals surface area contributed by atoms with E-state index in [2.05, 4.69) is 5.32 Å². The van der Waals surface area contributed by atoms with Crippen molar-refractivity contribution in [3.63, 3.8) is 0 Å². The number of hydrogen-bond donors (Lipinski definition) is 1. The van der Waals surface area contributed by atoms with Gasteiger partial charge in [0.1, 0.15) is 12.3 Å². The molecule has 1 aromatic rings. The molecule has 1 atom stereocenters. The molecule has 25 heavy (non-hydrogen) atoms. The van der Waals surface area contributed by atoms with Gasteiger partial charge in [-0.05, 0) is 38.3 Å². The maximum Gasteiger partial charge on any atom is 0.317 e. The Kier molecular flexibility index (Phi) is 7.78. The molecule has 2 rings (SSSR count). The summed E-state index contributed by atoms with van der Waals surface area (Å²) >= 11 is 0. The lowest BCUT2D eigenvalue weighted by atomic mass is 10.2. The summed E-state index contributed by atoms with van der Waals surface area (Å²) < 4.78 is 11.1. The van der Waals surface area contributed by atoms with E-state index >= 15 is 0 Å². The van der Waals surface area contributed by atoms with Gasteiger partial charge in [0, 0.05) is 26.2 Å². The average Bonchev–Trinajstić information content (AvgIpc) is 3.28. The summed E-state index contributed by atoms with van der Waals surface area (Å²) in [6, 6.07) is 3.46. The highest BCUT2D eigenvalue weighted by atomic mass is 16.5. The second-order valence-electron chi connectivity index (χ2n) is 6.25. The van der Waals surface area contributed by atoms with E-state index in [1.807, 2.05) is 26.0 Å². The Hall–Kier alpha value is -2.02.